The summed E-state index contributed by atoms with van der Waals surface area (Å²) < 4.78 is 18.5. The zero-order chi connectivity index (χ0) is 21.2. The SMILES string of the molecule is COc1cccc(C)c1C(=O)N1CC[C@H](O)[C@](Cc2ccc(F)cc2)(C(=O)O)C1. The van der Waals surface area contributed by atoms with E-state index in [-0.39, 0.29) is 31.8 Å². The lowest BCUT2D eigenvalue weighted by Gasteiger charge is -2.43. The van der Waals surface area contributed by atoms with Crippen molar-refractivity contribution < 1.29 is 28.9 Å². The molecule has 2 aromatic carbocycles. The normalized spacial score (nSPS) is 21.7. The largest absolute Gasteiger partial charge is 0.496 e. The van der Waals surface area contributed by atoms with Gasteiger partial charge in [-0.05, 0) is 49.1 Å². The highest BCUT2D eigenvalue weighted by Gasteiger charge is 2.50. The van der Waals surface area contributed by atoms with Gasteiger partial charge in [-0.1, -0.05) is 24.3 Å². The molecule has 1 aliphatic heterocycles. The van der Waals surface area contributed by atoms with Crippen LogP contribution >= 0.6 is 0 Å². The standard InChI is InChI=1S/C22H24FNO5/c1-14-4-3-5-17(29-2)19(14)20(26)24-11-10-18(25)22(13-24,21(27)28)12-15-6-8-16(23)9-7-15/h3-9,18,25H,10-13H2,1-2H3,(H,27,28)/t18-,22+/m0/s1. The Labute approximate surface area is 168 Å². The first-order valence-electron chi connectivity index (χ1n) is 9.37. The summed E-state index contributed by atoms with van der Waals surface area (Å²) in [5.74, 6) is -1.54. The lowest BCUT2D eigenvalue weighted by Crippen LogP contribution is -2.58. The molecule has 0 spiro atoms. The summed E-state index contributed by atoms with van der Waals surface area (Å²) in [6.07, 6.45) is -1.01. The lowest BCUT2D eigenvalue weighted by molar-refractivity contribution is -0.161. The van der Waals surface area contributed by atoms with Crippen LogP contribution < -0.4 is 4.74 Å². The van der Waals surface area contributed by atoms with Crippen LogP contribution in [0.15, 0.2) is 42.5 Å². The average molecular weight is 401 g/mol. The number of carboxylic acid groups (broad SMARTS) is 1. The van der Waals surface area contributed by atoms with E-state index in [0.29, 0.717) is 16.9 Å². The summed E-state index contributed by atoms with van der Waals surface area (Å²) in [6, 6.07) is 10.7. The van der Waals surface area contributed by atoms with Crippen LogP contribution in [0.2, 0.25) is 0 Å². The molecule has 1 saturated heterocycles. The van der Waals surface area contributed by atoms with E-state index in [1.807, 2.05) is 0 Å². The van der Waals surface area contributed by atoms with Gasteiger partial charge >= 0.3 is 5.97 Å². The van der Waals surface area contributed by atoms with Gasteiger partial charge in [-0.2, -0.15) is 0 Å². The van der Waals surface area contributed by atoms with Crippen LogP contribution in [0.1, 0.15) is 27.9 Å². The molecule has 154 valence electrons. The highest BCUT2D eigenvalue weighted by molar-refractivity contribution is 5.98. The van der Waals surface area contributed by atoms with Crippen molar-refractivity contribution >= 4 is 11.9 Å². The number of halogens is 1. The predicted molar refractivity (Wildman–Crippen MR) is 104 cm³/mol. The number of carbonyl (C=O) groups is 2. The Morgan fingerprint density at radius 3 is 2.55 bits per heavy atom. The maximum absolute atomic E-state index is 13.2. The van der Waals surface area contributed by atoms with Gasteiger partial charge in [-0.3, -0.25) is 9.59 Å². The number of rotatable bonds is 5. The van der Waals surface area contributed by atoms with Crippen molar-refractivity contribution in [1.82, 2.24) is 4.90 Å². The summed E-state index contributed by atoms with van der Waals surface area (Å²) >= 11 is 0. The fourth-order valence-corrected chi connectivity index (χ4v) is 3.92. The Bertz CT molecular complexity index is 914. The van der Waals surface area contributed by atoms with Gasteiger partial charge in [-0.25, -0.2) is 4.39 Å². The molecule has 2 N–H and O–H groups in total. The van der Waals surface area contributed by atoms with Crippen molar-refractivity contribution in [3.8, 4) is 5.75 Å². The summed E-state index contributed by atoms with van der Waals surface area (Å²) in [7, 11) is 1.47. The molecule has 1 aliphatic rings. The second-order valence-corrected chi connectivity index (χ2v) is 7.45. The van der Waals surface area contributed by atoms with Gasteiger partial charge in [0.2, 0.25) is 0 Å². The van der Waals surface area contributed by atoms with Gasteiger partial charge in [-0.15, -0.1) is 0 Å². The minimum Gasteiger partial charge on any atom is -0.496 e. The van der Waals surface area contributed by atoms with E-state index in [4.69, 9.17) is 4.74 Å². The van der Waals surface area contributed by atoms with Crippen molar-refractivity contribution in [2.45, 2.75) is 25.9 Å². The molecule has 0 unspecified atom stereocenters. The molecule has 2 atom stereocenters. The van der Waals surface area contributed by atoms with Crippen LogP contribution in [-0.4, -0.2) is 53.3 Å². The number of likely N-dealkylation sites (tertiary alicyclic amines) is 1. The van der Waals surface area contributed by atoms with Crippen molar-refractivity contribution in [3.63, 3.8) is 0 Å². The number of benzene rings is 2. The Hall–Kier alpha value is -2.93. The average Bonchev–Trinajstić information content (AvgIpc) is 2.70. The first-order chi connectivity index (χ1) is 13.8. The molecule has 1 fully saturated rings. The molecule has 6 nitrogen and oxygen atoms in total. The number of carboxylic acids is 1. The molecule has 1 amide bonds. The molecule has 0 bridgehead atoms. The first-order valence-corrected chi connectivity index (χ1v) is 9.37. The van der Waals surface area contributed by atoms with Crippen LogP contribution in [0.4, 0.5) is 4.39 Å². The number of nitrogens with zero attached hydrogens (tertiary/aromatic N) is 1. The number of aliphatic carboxylic acids is 1. The number of ether oxygens (including phenoxy) is 1. The predicted octanol–water partition coefficient (Wildman–Crippen LogP) is 2.66. The summed E-state index contributed by atoms with van der Waals surface area (Å²) in [4.78, 5) is 26.9. The first kappa shape index (κ1) is 20.8. The third kappa shape index (κ3) is 3.96. The van der Waals surface area contributed by atoms with Crippen molar-refractivity contribution in [2.24, 2.45) is 5.41 Å². The van der Waals surface area contributed by atoms with E-state index < -0.39 is 23.3 Å². The van der Waals surface area contributed by atoms with Gasteiger partial charge in [0, 0.05) is 13.1 Å². The zero-order valence-corrected chi connectivity index (χ0v) is 16.4. The quantitative estimate of drug-likeness (QED) is 0.804. The van der Waals surface area contributed by atoms with E-state index in [9.17, 15) is 24.2 Å². The molecule has 0 saturated carbocycles. The lowest BCUT2D eigenvalue weighted by atomic mass is 9.72. The summed E-state index contributed by atoms with van der Waals surface area (Å²) in [5, 5.41) is 20.6. The van der Waals surface area contributed by atoms with E-state index in [0.717, 1.165) is 5.56 Å². The maximum Gasteiger partial charge on any atom is 0.314 e. The summed E-state index contributed by atoms with van der Waals surface area (Å²) in [6.45, 7) is 1.87. The van der Waals surface area contributed by atoms with Crippen LogP contribution in [0.3, 0.4) is 0 Å². The highest BCUT2D eigenvalue weighted by Crippen LogP contribution is 2.36. The number of methoxy groups -OCH3 is 1. The number of carbonyl (C=O) groups excluding carboxylic acids is 1. The number of hydrogen-bond donors (Lipinski definition) is 2. The molecule has 0 aliphatic carbocycles. The zero-order valence-electron chi connectivity index (χ0n) is 16.4. The molecule has 0 aromatic heterocycles. The monoisotopic (exact) mass is 401 g/mol. The number of amides is 1. The molecule has 2 aromatic rings. The van der Waals surface area contributed by atoms with Crippen LogP contribution in [0.5, 0.6) is 5.75 Å². The fourth-order valence-electron chi connectivity index (χ4n) is 3.92. The Morgan fingerprint density at radius 1 is 1.24 bits per heavy atom. The second-order valence-electron chi connectivity index (χ2n) is 7.45. The molecule has 1 heterocycles. The van der Waals surface area contributed by atoms with Gasteiger partial charge in [0.25, 0.3) is 5.91 Å². The smallest absolute Gasteiger partial charge is 0.314 e. The van der Waals surface area contributed by atoms with Crippen LogP contribution in [-0.2, 0) is 11.2 Å². The van der Waals surface area contributed by atoms with E-state index >= 15 is 0 Å². The Balaban J connectivity index is 1.94. The van der Waals surface area contributed by atoms with E-state index in [2.05, 4.69) is 0 Å². The summed E-state index contributed by atoms with van der Waals surface area (Å²) in [5.41, 5.74) is 0.102. The number of piperidine rings is 1. The Morgan fingerprint density at radius 2 is 1.93 bits per heavy atom. The van der Waals surface area contributed by atoms with Gasteiger partial charge < -0.3 is 19.8 Å². The number of aliphatic hydroxyl groups is 1. The van der Waals surface area contributed by atoms with Crippen molar-refractivity contribution in [2.75, 3.05) is 20.2 Å². The number of aliphatic hydroxyl groups excluding tert-OH is 1. The topological polar surface area (TPSA) is 87.1 Å². The third-order valence-corrected chi connectivity index (χ3v) is 5.60. The van der Waals surface area contributed by atoms with Gasteiger partial charge in [0.1, 0.15) is 17.0 Å². The molecule has 7 heteroatoms. The van der Waals surface area contributed by atoms with E-state index in [1.165, 1.54) is 36.3 Å². The second kappa shape index (κ2) is 8.21. The molecular weight excluding hydrogens is 377 g/mol. The minimum atomic E-state index is -1.58. The van der Waals surface area contributed by atoms with Gasteiger partial charge in [0.05, 0.1) is 18.8 Å². The fraction of sp³-hybridized carbons (Fsp3) is 0.364. The van der Waals surface area contributed by atoms with Gasteiger partial charge in [0.15, 0.2) is 0 Å². The molecule has 0 radical (unpaired) electrons. The van der Waals surface area contributed by atoms with E-state index in [1.54, 1.807) is 25.1 Å². The van der Waals surface area contributed by atoms with Crippen LogP contribution in [0, 0.1) is 18.2 Å². The maximum atomic E-state index is 13.2. The van der Waals surface area contributed by atoms with Crippen molar-refractivity contribution in [1.29, 1.82) is 0 Å². The Kier molecular flexibility index (Phi) is 5.88. The molecule has 3 rings (SSSR count). The minimum absolute atomic E-state index is 0.0154. The highest BCUT2D eigenvalue weighted by atomic mass is 19.1. The molecule has 29 heavy (non-hydrogen) atoms. The molecular formula is C22H24FNO5. The van der Waals surface area contributed by atoms with Crippen molar-refractivity contribution in [3.05, 3.63) is 65.0 Å². The third-order valence-electron chi connectivity index (χ3n) is 5.60. The van der Waals surface area contributed by atoms with Crippen LogP contribution in [0.25, 0.3) is 0 Å². The number of hydrogen-bond acceptors (Lipinski definition) is 4. The number of aryl methyl sites for hydroxylation is 1.